The highest BCUT2D eigenvalue weighted by atomic mass is 16.2. The Kier molecular flexibility index (Phi) is 3.18. The predicted octanol–water partition coefficient (Wildman–Crippen LogP) is 2.49. The molecule has 2 N–H and O–H groups in total. The van der Waals surface area contributed by atoms with Gasteiger partial charge in [-0.2, -0.15) is 5.10 Å². The predicted molar refractivity (Wildman–Crippen MR) is 78.8 cm³/mol. The number of nitrogens with one attached hydrogen (secondary N) is 2. The summed E-state index contributed by atoms with van der Waals surface area (Å²) in [5, 5.41) is 10.4. The molecule has 1 aliphatic heterocycles. The molecule has 0 saturated heterocycles. The fourth-order valence-corrected chi connectivity index (χ4v) is 2.65. The third-order valence-electron chi connectivity index (χ3n) is 3.73. The van der Waals surface area contributed by atoms with Crippen molar-refractivity contribution in [1.29, 1.82) is 0 Å². The quantitative estimate of drug-likeness (QED) is 0.900. The minimum Gasteiger partial charge on any atom is -0.377 e. The number of rotatable bonds is 3. The lowest BCUT2D eigenvalue weighted by atomic mass is 10.1. The first-order valence-corrected chi connectivity index (χ1v) is 6.82. The van der Waals surface area contributed by atoms with E-state index in [1.807, 2.05) is 23.1 Å². The molecule has 5 heteroatoms. The molecular formula is C15H18N4O. The van der Waals surface area contributed by atoms with Crippen molar-refractivity contribution in [3.63, 3.8) is 0 Å². The van der Waals surface area contributed by atoms with Crippen molar-refractivity contribution in [3.05, 3.63) is 41.7 Å². The molecule has 0 radical (unpaired) electrons. The van der Waals surface area contributed by atoms with Crippen LogP contribution in [0.2, 0.25) is 0 Å². The maximum Gasteiger partial charge on any atom is 0.223 e. The Bertz CT molecular complexity index is 621. The van der Waals surface area contributed by atoms with Crippen LogP contribution in [0.15, 0.2) is 30.5 Å². The molecule has 1 unspecified atom stereocenters. The number of carbonyl (C=O) groups is 1. The Morgan fingerprint density at radius 3 is 3.00 bits per heavy atom. The second kappa shape index (κ2) is 5.00. The second-order valence-electron chi connectivity index (χ2n) is 5.14. The summed E-state index contributed by atoms with van der Waals surface area (Å²) < 4.78 is 0. The van der Waals surface area contributed by atoms with Crippen LogP contribution in [0.1, 0.15) is 31.1 Å². The number of amides is 1. The largest absolute Gasteiger partial charge is 0.377 e. The highest BCUT2D eigenvalue weighted by Gasteiger charge is 2.22. The molecule has 0 aliphatic carbocycles. The first-order chi connectivity index (χ1) is 9.65. The van der Waals surface area contributed by atoms with Crippen molar-refractivity contribution in [2.24, 2.45) is 0 Å². The van der Waals surface area contributed by atoms with Gasteiger partial charge in [0.2, 0.25) is 5.91 Å². The van der Waals surface area contributed by atoms with Crippen molar-refractivity contribution in [1.82, 2.24) is 10.2 Å². The van der Waals surface area contributed by atoms with Gasteiger partial charge in [-0.1, -0.05) is 0 Å². The van der Waals surface area contributed by atoms with Crippen LogP contribution in [0.4, 0.5) is 11.4 Å². The molecule has 1 aliphatic rings. The van der Waals surface area contributed by atoms with E-state index in [0.717, 1.165) is 30.0 Å². The van der Waals surface area contributed by atoms with Crippen molar-refractivity contribution in [3.8, 4) is 0 Å². The third-order valence-corrected chi connectivity index (χ3v) is 3.73. The molecule has 0 bridgehead atoms. The van der Waals surface area contributed by atoms with E-state index >= 15 is 0 Å². The Morgan fingerprint density at radius 1 is 1.45 bits per heavy atom. The maximum atomic E-state index is 11.5. The van der Waals surface area contributed by atoms with E-state index in [2.05, 4.69) is 28.5 Å². The number of nitrogens with zero attached hydrogens (tertiary/aromatic N) is 2. The van der Waals surface area contributed by atoms with Crippen LogP contribution in [0.5, 0.6) is 0 Å². The first-order valence-electron chi connectivity index (χ1n) is 6.82. The monoisotopic (exact) mass is 270 g/mol. The number of anilines is 2. The van der Waals surface area contributed by atoms with E-state index in [0.29, 0.717) is 0 Å². The Morgan fingerprint density at radius 2 is 2.30 bits per heavy atom. The van der Waals surface area contributed by atoms with Crippen LogP contribution in [-0.4, -0.2) is 22.6 Å². The average Bonchev–Trinajstić information content (AvgIpc) is 3.07. The van der Waals surface area contributed by atoms with Crippen LogP contribution >= 0.6 is 0 Å². The Hall–Kier alpha value is -2.30. The number of hydrogen-bond acceptors (Lipinski definition) is 3. The number of H-pyrrole nitrogens is 1. The van der Waals surface area contributed by atoms with Gasteiger partial charge in [-0.3, -0.25) is 9.89 Å². The summed E-state index contributed by atoms with van der Waals surface area (Å²) in [5.74, 6) is 0.107. The second-order valence-corrected chi connectivity index (χ2v) is 5.14. The van der Waals surface area contributed by atoms with Crippen LogP contribution in [0.3, 0.4) is 0 Å². The summed E-state index contributed by atoms with van der Waals surface area (Å²) >= 11 is 0. The van der Waals surface area contributed by atoms with E-state index in [1.54, 1.807) is 13.1 Å². The summed E-state index contributed by atoms with van der Waals surface area (Å²) in [6.07, 6.45) is 2.67. The van der Waals surface area contributed by atoms with Gasteiger partial charge in [-0.15, -0.1) is 0 Å². The van der Waals surface area contributed by atoms with Gasteiger partial charge in [-0.05, 0) is 43.2 Å². The van der Waals surface area contributed by atoms with Crippen molar-refractivity contribution >= 4 is 17.3 Å². The Labute approximate surface area is 118 Å². The van der Waals surface area contributed by atoms with Crippen molar-refractivity contribution < 1.29 is 4.79 Å². The van der Waals surface area contributed by atoms with Crippen LogP contribution < -0.4 is 10.2 Å². The highest BCUT2D eigenvalue weighted by Crippen LogP contribution is 2.31. The Balaban J connectivity index is 1.78. The molecule has 1 atom stereocenters. The van der Waals surface area contributed by atoms with Gasteiger partial charge in [0.1, 0.15) is 0 Å². The van der Waals surface area contributed by atoms with E-state index in [-0.39, 0.29) is 11.9 Å². The lowest BCUT2D eigenvalue weighted by molar-refractivity contribution is -0.116. The van der Waals surface area contributed by atoms with Crippen molar-refractivity contribution in [2.75, 3.05) is 16.8 Å². The number of hydrogen-bond donors (Lipinski definition) is 2. The molecule has 1 aromatic heterocycles. The minimum absolute atomic E-state index is 0.107. The average molecular weight is 270 g/mol. The van der Waals surface area contributed by atoms with Gasteiger partial charge in [0.25, 0.3) is 0 Å². The molecule has 0 fully saturated rings. The summed E-state index contributed by atoms with van der Waals surface area (Å²) in [6, 6.07) is 8.30. The molecule has 1 amide bonds. The van der Waals surface area contributed by atoms with Crippen LogP contribution in [0, 0.1) is 0 Å². The van der Waals surface area contributed by atoms with Gasteiger partial charge in [-0.25, -0.2) is 0 Å². The summed E-state index contributed by atoms with van der Waals surface area (Å²) in [4.78, 5) is 13.4. The normalized spacial score (nSPS) is 15.0. The molecule has 1 aromatic carbocycles. The summed E-state index contributed by atoms with van der Waals surface area (Å²) in [6.45, 7) is 4.48. The molecule has 104 valence electrons. The number of carbonyl (C=O) groups excluding carboxylic acids is 1. The minimum atomic E-state index is 0.107. The number of aromatic nitrogens is 2. The fourth-order valence-electron chi connectivity index (χ4n) is 2.65. The summed E-state index contributed by atoms with van der Waals surface area (Å²) in [5.41, 5.74) is 4.38. The van der Waals surface area contributed by atoms with E-state index in [9.17, 15) is 4.79 Å². The molecule has 20 heavy (non-hydrogen) atoms. The number of aromatic amines is 1. The van der Waals surface area contributed by atoms with Crippen LogP contribution in [0.25, 0.3) is 0 Å². The molecule has 3 rings (SSSR count). The highest BCUT2D eigenvalue weighted by molar-refractivity contribution is 5.94. The molecule has 5 nitrogen and oxygen atoms in total. The van der Waals surface area contributed by atoms with Gasteiger partial charge in [0, 0.05) is 31.0 Å². The topological polar surface area (TPSA) is 61.0 Å². The number of fused-ring (bicyclic) bond motifs is 1. The third kappa shape index (κ3) is 2.27. The maximum absolute atomic E-state index is 11.5. The standard InChI is InChI=1S/C15H18N4O/c1-10(14-5-7-16-18-14)17-13-3-4-15-12(9-13)6-8-19(15)11(2)20/h3-5,7,9-10,17H,6,8H2,1-2H3,(H,16,18). The van der Waals surface area contributed by atoms with Gasteiger partial charge < -0.3 is 10.2 Å². The zero-order valence-electron chi connectivity index (χ0n) is 11.7. The zero-order chi connectivity index (χ0) is 14.1. The molecule has 2 aromatic rings. The van der Waals surface area contributed by atoms with Gasteiger partial charge in [0.05, 0.1) is 11.7 Å². The van der Waals surface area contributed by atoms with Gasteiger partial charge >= 0.3 is 0 Å². The first kappa shape index (κ1) is 12.7. The van der Waals surface area contributed by atoms with E-state index in [1.165, 1.54) is 5.56 Å². The summed E-state index contributed by atoms with van der Waals surface area (Å²) in [7, 11) is 0. The molecule has 2 heterocycles. The van der Waals surface area contributed by atoms with E-state index in [4.69, 9.17) is 0 Å². The number of benzene rings is 1. The molecule has 0 spiro atoms. The fraction of sp³-hybridized carbons (Fsp3) is 0.333. The van der Waals surface area contributed by atoms with Crippen molar-refractivity contribution in [2.45, 2.75) is 26.3 Å². The lowest BCUT2D eigenvalue weighted by Gasteiger charge is -2.17. The van der Waals surface area contributed by atoms with Crippen LogP contribution in [-0.2, 0) is 11.2 Å². The lowest BCUT2D eigenvalue weighted by Crippen LogP contribution is -2.25. The molecular weight excluding hydrogens is 252 g/mol. The van der Waals surface area contributed by atoms with E-state index < -0.39 is 0 Å². The molecule has 0 saturated carbocycles. The zero-order valence-corrected chi connectivity index (χ0v) is 11.7. The van der Waals surface area contributed by atoms with Gasteiger partial charge in [0.15, 0.2) is 0 Å². The smallest absolute Gasteiger partial charge is 0.223 e. The SMILES string of the molecule is CC(=O)N1CCc2cc(NC(C)c3ccn[nH]3)ccc21.